The van der Waals surface area contributed by atoms with Crippen LogP contribution in [0.15, 0.2) is 36.9 Å². The van der Waals surface area contributed by atoms with Crippen LogP contribution in [-0.2, 0) is 16.1 Å². The topological polar surface area (TPSA) is 46.6 Å². The van der Waals surface area contributed by atoms with Crippen LogP contribution in [0.2, 0.25) is 20.1 Å². The molecule has 1 aliphatic heterocycles. The predicted molar refractivity (Wildman–Crippen MR) is 112 cm³/mol. The largest absolute Gasteiger partial charge is 0.335 e. The molecule has 28 heavy (non-hydrogen) atoms. The smallest absolute Gasteiger partial charge is 0.333 e. The summed E-state index contributed by atoms with van der Waals surface area (Å²) in [7, 11) is 0. The zero-order valence-corrected chi connectivity index (χ0v) is 17.8. The van der Waals surface area contributed by atoms with Gasteiger partial charge in [0.2, 0.25) is 0 Å². The number of nitrogens with zero attached hydrogens (tertiary/aromatic N) is 1. The Morgan fingerprint density at radius 3 is 2.21 bits per heavy atom. The van der Waals surface area contributed by atoms with Crippen molar-refractivity contribution in [2.75, 3.05) is 0 Å². The lowest BCUT2D eigenvalue weighted by molar-refractivity contribution is -0.171. The number of halogens is 4. The average molecular weight is 459 g/mol. The van der Waals surface area contributed by atoms with Gasteiger partial charge in [0.15, 0.2) is 0 Å². The Balaban J connectivity index is 1.75. The van der Waals surface area contributed by atoms with Gasteiger partial charge in [-0.3, -0.25) is 4.79 Å². The lowest BCUT2D eigenvalue weighted by Crippen LogP contribution is -2.30. The minimum Gasteiger partial charge on any atom is -0.333 e. The Labute approximate surface area is 182 Å². The number of amides is 1. The van der Waals surface area contributed by atoms with Gasteiger partial charge in [-0.1, -0.05) is 90.2 Å². The number of hydrogen-bond donors (Lipinski definition) is 0. The van der Waals surface area contributed by atoms with Crippen LogP contribution < -0.4 is 0 Å². The highest BCUT2D eigenvalue weighted by atomic mass is 35.5. The van der Waals surface area contributed by atoms with E-state index in [-0.39, 0.29) is 36.9 Å². The van der Waals surface area contributed by atoms with Gasteiger partial charge in [0.1, 0.15) is 0 Å². The monoisotopic (exact) mass is 457 g/mol. The van der Waals surface area contributed by atoms with E-state index >= 15 is 0 Å². The van der Waals surface area contributed by atoms with Gasteiger partial charge in [0, 0.05) is 5.56 Å². The molecule has 1 atom stereocenters. The molecule has 0 saturated heterocycles. The Kier molecular flexibility index (Phi) is 6.25. The third kappa shape index (κ3) is 3.74. The van der Waals surface area contributed by atoms with Crippen LogP contribution in [-0.4, -0.2) is 16.9 Å². The number of aryl methyl sites for hydroxylation is 1. The van der Waals surface area contributed by atoms with Crippen molar-refractivity contribution < 1.29 is 14.4 Å². The number of carbonyl (C=O) groups is 2. The first-order chi connectivity index (χ1) is 13.2. The Bertz CT molecular complexity index is 928. The van der Waals surface area contributed by atoms with Gasteiger partial charge in [-0.2, -0.15) is 0 Å². The van der Waals surface area contributed by atoms with Crippen LogP contribution >= 0.6 is 46.4 Å². The molecule has 0 aromatic heterocycles. The number of hydroxylamine groups is 2. The molecule has 3 rings (SSSR count). The van der Waals surface area contributed by atoms with E-state index in [0.717, 1.165) is 10.6 Å². The molecular formula is C20H15Cl4NO3. The lowest BCUT2D eigenvalue weighted by Gasteiger charge is -2.19. The summed E-state index contributed by atoms with van der Waals surface area (Å²) in [6.07, 6.45) is 1.26. The zero-order valence-electron chi connectivity index (χ0n) is 14.8. The zero-order chi connectivity index (χ0) is 20.6. The third-order valence-corrected chi connectivity index (χ3v) is 6.29. The Hall–Kier alpha value is -1.72. The van der Waals surface area contributed by atoms with Crippen LogP contribution in [0, 0.1) is 5.92 Å². The molecule has 1 heterocycles. The molecule has 2 aromatic rings. The number of hydrogen-bond acceptors (Lipinski definition) is 3. The highest BCUT2D eigenvalue weighted by Gasteiger charge is 2.40. The summed E-state index contributed by atoms with van der Waals surface area (Å²) in [5.74, 6) is -1.68. The first kappa shape index (κ1) is 21.0. The molecule has 0 bridgehead atoms. The van der Waals surface area contributed by atoms with E-state index in [9.17, 15) is 9.59 Å². The summed E-state index contributed by atoms with van der Waals surface area (Å²) in [4.78, 5) is 30.5. The van der Waals surface area contributed by atoms with E-state index in [1.165, 1.54) is 0 Å². The first-order valence-electron chi connectivity index (χ1n) is 8.39. The molecule has 0 fully saturated rings. The molecular weight excluding hydrogens is 444 g/mol. The van der Waals surface area contributed by atoms with Crippen LogP contribution in [0.5, 0.6) is 0 Å². The van der Waals surface area contributed by atoms with Crippen LogP contribution in [0.4, 0.5) is 0 Å². The molecule has 0 radical (unpaired) electrons. The van der Waals surface area contributed by atoms with E-state index in [1.807, 2.05) is 30.3 Å². The lowest BCUT2D eigenvalue weighted by atomic mass is 10.0. The summed E-state index contributed by atoms with van der Waals surface area (Å²) < 4.78 is 0. The predicted octanol–water partition coefficient (Wildman–Crippen LogP) is 6.45. The first-order valence-corrected chi connectivity index (χ1v) is 9.90. The van der Waals surface area contributed by atoms with E-state index in [2.05, 4.69) is 6.58 Å². The van der Waals surface area contributed by atoms with Crippen LogP contribution in [0.3, 0.4) is 0 Å². The summed E-state index contributed by atoms with van der Waals surface area (Å²) in [5.41, 5.74) is 1.40. The van der Waals surface area contributed by atoms with Crippen molar-refractivity contribution in [2.24, 2.45) is 5.92 Å². The van der Waals surface area contributed by atoms with Crippen molar-refractivity contribution >= 4 is 64.0 Å². The summed E-state index contributed by atoms with van der Waals surface area (Å²) >= 11 is 24.4. The normalized spacial score (nSPS) is 14.2. The number of rotatable bonds is 5. The van der Waals surface area contributed by atoms with Crippen molar-refractivity contribution in [2.45, 2.75) is 19.8 Å². The fourth-order valence-corrected chi connectivity index (χ4v) is 3.89. The fraction of sp³-hybridized carbons (Fsp3) is 0.200. The van der Waals surface area contributed by atoms with Crippen molar-refractivity contribution in [3.63, 3.8) is 0 Å². The molecule has 146 valence electrons. The van der Waals surface area contributed by atoms with Gasteiger partial charge in [0.05, 0.1) is 37.3 Å². The molecule has 1 aliphatic rings. The summed E-state index contributed by atoms with van der Waals surface area (Å²) in [6.45, 7) is 5.52. The van der Waals surface area contributed by atoms with Crippen molar-refractivity contribution in [3.8, 4) is 0 Å². The van der Waals surface area contributed by atoms with E-state index in [1.54, 1.807) is 6.92 Å². The van der Waals surface area contributed by atoms with Crippen molar-refractivity contribution in [1.82, 2.24) is 5.06 Å². The molecule has 2 aromatic carbocycles. The quantitative estimate of drug-likeness (QED) is 0.381. The Morgan fingerprint density at radius 2 is 1.61 bits per heavy atom. The molecule has 8 heteroatoms. The number of fused-ring (bicyclic) bond motifs is 1. The summed E-state index contributed by atoms with van der Waals surface area (Å²) in [6, 6.07) is 9.77. The SMILES string of the molecule is C=C1c2c(Cl)c(Cl)c(Cl)c(Cl)c2C(=O)N1OC(=O)C(C)CCc1ccccc1. The summed E-state index contributed by atoms with van der Waals surface area (Å²) in [5, 5.41) is 0.715. The van der Waals surface area contributed by atoms with Crippen molar-refractivity contribution in [1.29, 1.82) is 0 Å². The second-order valence-corrected chi connectivity index (χ2v) is 7.90. The van der Waals surface area contributed by atoms with Gasteiger partial charge >= 0.3 is 5.97 Å². The molecule has 1 amide bonds. The molecule has 4 nitrogen and oxygen atoms in total. The Morgan fingerprint density at radius 1 is 1.04 bits per heavy atom. The second-order valence-electron chi connectivity index (χ2n) is 6.39. The average Bonchev–Trinajstić information content (AvgIpc) is 2.94. The molecule has 1 unspecified atom stereocenters. The molecule has 0 spiro atoms. The van der Waals surface area contributed by atoms with Crippen LogP contribution in [0.25, 0.3) is 5.70 Å². The molecule has 0 saturated carbocycles. The van der Waals surface area contributed by atoms with Gasteiger partial charge < -0.3 is 4.84 Å². The molecule has 0 aliphatic carbocycles. The van der Waals surface area contributed by atoms with Gasteiger partial charge in [-0.15, -0.1) is 5.06 Å². The second kappa shape index (κ2) is 8.34. The number of carbonyl (C=O) groups excluding carboxylic acids is 2. The molecule has 0 N–H and O–H groups in total. The van der Waals surface area contributed by atoms with E-state index in [0.29, 0.717) is 12.8 Å². The highest BCUT2D eigenvalue weighted by Crippen LogP contribution is 2.48. The standard InChI is InChI=1S/C20H15Cl4NO3/c1-10(8-9-12-6-4-3-5-7-12)20(27)28-25-11(2)13-14(19(25)26)16(22)18(24)17(23)15(13)21/h3-7,10H,2,8-9H2,1H3. The van der Waals surface area contributed by atoms with Crippen LogP contribution in [0.1, 0.15) is 34.8 Å². The highest BCUT2D eigenvalue weighted by molar-refractivity contribution is 6.54. The van der Waals surface area contributed by atoms with Gasteiger partial charge in [-0.25, -0.2) is 4.79 Å². The van der Waals surface area contributed by atoms with Gasteiger partial charge in [0.25, 0.3) is 5.91 Å². The number of benzene rings is 2. The maximum atomic E-state index is 12.7. The fourth-order valence-electron chi connectivity index (χ4n) is 2.85. The minimum absolute atomic E-state index is 0.00504. The maximum Gasteiger partial charge on any atom is 0.335 e. The minimum atomic E-state index is -0.672. The maximum absolute atomic E-state index is 12.7. The van der Waals surface area contributed by atoms with E-state index < -0.39 is 17.8 Å². The van der Waals surface area contributed by atoms with Crippen molar-refractivity contribution in [3.05, 3.63) is 73.7 Å². The van der Waals surface area contributed by atoms with Gasteiger partial charge in [-0.05, 0) is 18.4 Å². The third-order valence-electron chi connectivity index (χ3n) is 4.49. The van der Waals surface area contributed by atoms with E-state index in [4.69, 9.17) is 51.2 Å².